The van der Waals surface area contributed by atoms with Gasteiger partial charge in [-0.25, -0.2) is 0 Å². The van der Waals surface area contributed by atoms with Crippen molar-refractivity contribution in [1.82, 2.24) is 4.90 Å². The molecule has 2 heteroatoms. The Hall–Kier alpha value is -2.06. The van der Waals surface area contributed by atoms with Crippen molar-refractivity contribution in [3.8, 4) is 5.75 Å². The van der Waals surface area contributed by atoms with Crippen LogP contribution in [-0.4, -0.2) is 16.6 Å². The van der Waals surface area contributed by atoms with Gasteiger partial charge in [0.15, 0.2) is 0 Å². The molecule has 0 amide bonds. The Kier molecular flexibility index (Phi) is 4.97. The van der Waals surface area contributed by atoms with Gasteiger partial charge >= 0.3 is 0 Å². The molecule has 1 N–H and O–H groups in total. The van der Waals surface area contributed by atoms with Crippen LogP contribution in [0.1, 0.15) is 16.7 Å². The van der Waals surface area contributed by atoms with E-state index < -0.39 is 0 Å². The Morgan fingerprint density at radius 2 is 1.60 bits per heavy atom. The monoisotopic (exact) mass is 267 g/mol. The normalized spacial score (nSPS) is 10.7. The molecule has 0 saturated carbocycles. The molecule has 0 spiro atoms. The maximum absolute atomic E-state index is 9.90. The highest BCUT2D eigenvalue weighted by Gasteiger charge is 2.09. The highest BCUT2D eigenvalue weighted by atomic mass is 16.3. The minimum atomic E-state index is 0.353. The second-order valence-corrected chi connectivity index (χ2v) is 5.01. The molecule has 0 aliphatic heterocycles. The van der Waals surface area contributed by atoms with Crippen molar-refractivity contribution in [2.24, 2.45) is 0 Å². The van der Waals surface area contributed by atoms with Crippen molar-refractivity contribution < 1.29 is 5.11 Å². The van der Waals surface area contributed by atoms with Gasteiger partial charge in [-0.1, -0.05) is 48.5 Å². The lowest BCUT2D eigenvalue weighted by molar-refractivity contribution is 0.281. The Morgan fingerprint density at radius 3 is 2.25 bits per heavy atom. The number of para-hydroxylation sites is 1. The molecule has 104 valence electrons. The topological polar surface area (TPSA) is 23.5 Å². The standard InChI is InChI=1S/C18H21NO/c1-3-12-19(13-16-9-5-4-8-15(16)2)14-17-10-6-7-11-18(17)20/h3-11,20H,1,12-14H2,2H3. The van der Waals surface area contributed by atoms with E-state index in [0.717, 1.165) is 18.7 Å². The molecule has 0 radical (unpaired) electrons. The van der Waals surface area contributed by atoms with Gasteiger partial charge in [-0.15, -0.1) is 6.58 Å². The number of aryl methyl sites for hydroxylation is 1. The number of phenols is 1. The summed E-state index contributed by atoms with van der Waals surface area (Å²) in [5.74, 6) is 0.353. The van der Waals surface area contributed by atoms with Crippen LogP contribution in [0.4, 0.5) is 0 Å². The quantitative estimate of drug-likeness (QED) is 0.803. The van der Waals surface area contributed by atoms with Gasteiger partial charge in [-0.2, -0.15) is 0 Å². The van der Waals surface area contributed by atoms with E-state index in [9.17, 15) is 5.11 Å². The van der Waals surface area contributed by atoms with Crippen molar-refractivity contribution in [1.29, 1.82) is 0 Å². The summed E-state index contributed by atoms with van der Waals surface area (Å²) in [7, 11) is 0. The van der Waals surface area contributed by atoms with Crippen LogP contribution >= 0.6 is 0 Å². The molecule has 0 aliphatic carbocycles. The van der Waals surface area contributed by atoms with Gasteiger partial charge in [-0.3, -0.25) is 4.90 Å². The van der Waals surface area contributed by atoms with E-state index in [2.05, 4.69) is 42.7 Å². The van der Waals surface area contributed by atoms with Crippen molar-refractivity contribution in [2.75, 3.05) is 6.54 Å². The molecular formula is C18H21NO. The number of nitrogens with zero attached hydrogens (tertiary/aromatic N) is 1. The summed E-state index contributed by atoms with van der Waals surface area (Å²) in [4.78, 5) is 2.27. The molecule has 0 atom stereocenters. The van der Waals surface area contributed by atoms with Gasteiger partial charge in [0, 0.05) is 25.2 Å². The highest BCUT2D eigenvalue weighted by molar-refractivity contribution is 5.32. The first kappa shape index (κ1) is 14.4. The first-order valence-corrected chi connectivity index (χ1v) is 6.85. The third kappa shape index (κ3) is 3.72. The zero-order chi connectivity index (χ0) is 14.4. The largest absolute Gasteiger partial charge is 0.508 e. The molecular weight excluding hydrogens is 246 g/mol. The lowest BCUT2D eigenvalue weighted by atomic mass is 10.1. The van der Waals surface area contributed by atoms with E-state index in [1.54, 1.807) is 6.07 Å². The van der Waals surface area contributed by atoms with Gasteiger partial charge in [0.2, 0.25) is 0 Å². The van der Waals surface area contributed by atoms with Crippen LogP contribution in [-0.2, 0) is 13.1 Å². The zero-order valence-corrected chi connectivity index (χ0v) is 11.9. The van der Waals surface area contributed by atoms with Crippen LogP contribution in [0, 0.1) is 6.92 Å². The predicted molar refractivity (Wildman–Crippen MR) is 83.6 cm³/mol. The van der Waals surface area contributed by atoms with Crippen LogP contribution in [0.15, 0.2) is 61.2 Å². The minimum Gasteiger partial charge on any atom is -0.508 e. The number of benzene rings is 2. The molecule has 0 bridgehead atoms. The molecule has 2 nitrogen and oxygen atoms in total. The van der Waals surface area contributed by atoms with Crippen LogP contribution in [0.25, 0.3) is 0 Å². The number of hydrogen-bond donors (Lipinski definition) is 1. The number of hydrogen-bond acceptors (Lipinski definition) is 2. The molecule has 0 aromatic heterocycles. The first-order valence-electron chi connectivity index (χ1n) is 6.85. The van der Waals surface area contributed by atoms with Crippen LogP contribution in [0.2, 0.25) is 0 Å². The molecule has 0 aliphatic rings. The molecule has 20 heavy (non-hydrogen) atoms. The molecule has 0 saturated heterocycles. The summed E-state index contributed by atoms with van der Waals surface area (Å²) in [5.41, 5.74) is 3.55. The molecule has 0 unspecified atom stereocenters. The van der Waals surface area contributed by atoms with Crippen molar-refractivity contribution in [3.05, 3.63) is 77.9 Å². The van der Waals surface area contributed by atoms with E-state index in [1.165, 1.54) is 11.1 Å². The number of aromatic hydroxyl groups is 1. The molecule has 0 fully saturated rings. The molecule has 0 heterocycles. The van der Waals surface area contributed by atoms with E-state index in [1.807, 2.05) is 24.3 Å². The fourth-order valence-electron chi connectivity index (χ4n) is 2.28. The van der Waals surface area contributed by atoms with Gasteiger partial charge in [0.05, 0.1) is 0 Å². The summed E-state index contributed by atoms with van der Waals surface area (Å²) in [6.07, 6.45) is 1.90. The average Bonchev–Trinajstić information content (AvgIpc) is 2.44. The summed E-state index contributed by atoms with van der Waals surface area (Å²) in [5, 5.41) is 9.90. The lowest BCUT2D eigenvalue weighted by Crippen LogP contribution is -2.23. The Morgan fingerprint density at radius 1 is 1.00 bits per heavy atom. The fourth-order valence-corrected chi connectivity index (χ4v) is 2.28. The lowest BCUT2D eigenvalue weighted by Gasteiger charge is -2.22. The summed E-state index contributed by atoms with van der Waals surface area (Å²) < 4.78 is 0. The third-order valence-corrected chi connectivity index (χ3v) is 3.43. The van der Waals surface area contributed by atoms with Crippen LogP contribution in [0.3, 0.4) is 0 Å². The van der Waals surface area contributed by atoms with E-state index in [4.69, 9.17) is 0 Å². The van der Waals surface area contributed by atoms with Crippen molar-refractivity contribution in [3.63, 3.8) is 0 Å². The summed E-state index contributed by atoms with van der Waals surface area (Å²) in [6, 6.07) is 15.9. The summed E-state index contributed by atoms with van der Waals surface area (Å²) >= 11 is 0. The molecule has 2 rings (SSSR count). The van der Waals surface area contributed by atoms with Crippen LogP contribution < -0.4 is 0 Å². The summed E-state index contributed by atoms with van der Waals surface area (Å²) in [6.45, 7) is 8.31. The molecule has 2 aromatic rings. The zero-order valence-electron chi connectivity index (χ0n) is 11.9. The maximum Gasteiger partial charge on any atom is 0.120 e. The van der Waals surface area contributed by atoms with Crippen molar-refractivity contribution >= 4 is 0 Å². The van der Waals surface area contributed by atoms with E-state index >= 15 is 0 Å². The second-order valence-electron chi connectivity index (χ2n) is 5.01. The first-order chi connectivity index (χ1) is 9.70. The third-order valence-electron chi connectivity index (χ3n) is 3.43. The number of rotatable bonds is 6. The Balaban J connectivity index is 2.14. The smallest absolute Gasteiger partial charge is 0.120 e. The minimum absolute atomic E-state index is 0.353. The van der Waals surface area contributed by atoms with E-state index in [-0.39, 0.29) is 0 Å². The second kappa shape index (κ2) is 6.92. The fraction of sp³-hybridized carbons (Fsp3) is 0.222. The van der Waals surface area contributed by atoms with Crippen LogP contribution in [0.5, 0.6) is 5.75 Å². The predicted octanol–water partition coefficient (Wildman–Crippen LogP) is 3.89. The highest BCUT2D eigenvalue weighted by Crippen LogP contribution is 2.19. The van der Waals surface area contributed by atoms with Gasteiger partial charge < -0.3 is 5.11 Å². The maximum atomic E-state index is 9.90. The van der Waals surface area contributed by atoms with Gasteiger partial charge in [0.1, 0.15) is 5.75 Å². The number of phenolic OH excluding ortho intramolecular Hbond substituents is 1. The Labute approximate surface area is 121 Å². The SMILES string of the molecule is C=CCN(Cc1ccccc1C)Cc1ccccc1O. The average molecular weight is 267 g/mol. The van der Waals surface area contributed by atoms with Gasteiger partial charge in [-0.05, 0) is 24.1 Å². The van der Waals surface area contributed by atoms with Gasteiger partial charge in [0.25, 0.3) is 0 Å². The van der Waals surface area contributed by atoms with Crippen molar-refractivity contribution in [2.45, 2.75) is 20.0 Å². The van der Waals surface area contributed by atoms with E-state index in [0.29, 0.717) is 12.3 Å². The molecule has 2 aromatic carbocycles. The Bertz CT molecular complexity index is 530.